The van der Waals surface area contributed by atoms with Crippen LogP contribution in [-0.4, -0.2) is 40.0 Å². The Bertz CT molecular complexity index is 635. The molecule has 1 unspecified atom stereocenters. The number of hydrogen-bond acceptors (Lipinski definition) is 5. The Morgan fingerprint density at radius 3 is 3.14 bits per heavy atom. The topological polar surface area (TPSA) is 49.6 Å². The number of halogens is 1. The van der Waals surface area contributed by atoms with E-state index >= 15 is 0 Å². The second kappa shape index (κ2) is 7.35. The summed E-state index contributed by atoms with van der Waals surface area (Å²) < 4.78 is 1.61. The van der Waals surface area contributed by atoms with Gasteiger partial charge in [-0.05, 0) is 25.9 Å². The van der Waals surface area contributed by atoms with E-state index in [1.54, 1.807) is 16.7 Å². The predicted octanol–water partition coefficient (Wildman–Crippen LogP) is 1.75. The molecule has 2 aromatic heterocycles. The van der Waals surface area contributed by atoms with Gasteiger partial charge in [0.25, 0.3) is 5.56 Å². The molecule has 1 aliphatic rings. The summed E-state index contributed by atoms with van der Waals surface area (Å²) in [5.41, 5.74) is 0.907. The van der Waals surface area contributed by atoms with Crippen LogP contribution in [0.1, 0.15) is 25.5 Å². The first-order valence-electron chi connectivity index (χ1n) is 7.18. The molecule has 0 amide bonds. The summed E-state index contributed by atoms with van der Waals surface area (Å²) in [5, 5.41) is 5.31. The van der Waals surface area contributed by atoms with Crippen molar-refractivity contribution in [3.8, 4) is 0 Å². The molecule has 7 heteroatoms. The molecule has 5 nitrogen and oxygen atoms in total. The molecule has 0 aliphatic carbocycles. The lowest BCUT2D eigenvalue weighted by molar-refractivity contribution is 0.197. The van der Waals surface area contributed by atoms with Gasteiger partial charge >= 0.3 is 0 Å². The fourth-order valence-electron chi connectivity index (χ4n) is 2.81. The number of rotatable bonds is 5. The minimum absolute atomic E-state index is 0. The van der Waals surface area contributed by atoms with Gasteiger partial charge in [0.1, 0.15) is 0 Å². The highest BCUT2D eigenvalue weighted by Crippen LogP contribution is 2.14. The third-order valence-electron chi connectivity index (χ3n) is 3.78. The van der Waals surface area contributed by atoms with Crippen molar-refractivity contribution >= 4 is 28.7 Å². The number of thiazole rings is 1. The van der Waals surface area contributed by atoms with Crippen LogP contribution in [0.15, 0.2) is 22.4 Å². The first kappa shape index (κ1) is 16.4. The van der Waals surface area contributed by atoms with E-state index in [1.165, 1.54) is 17.8 Å². The number of hydrogen-bond donors (Lipinski definition) is 1. The average molecular weight is 329 g/mol. The summed E-state index contributed by atoms with van der Waals surface area (Å²) in [4.78, 5) is 19.9. The molecule has 116 valence electrons. The zero-order valence-electron chi connectivity index (χ0n) is 12.1. The van der Waals surface area contributed by atoms with E-state index < -0.39 is 0 Å². The first-order chi connectivity index (χ1) is 9.78. The van der Waals surface area contributed by atoms with Gasteiger partial charge in [-0.15, -0.1) is 23.7 Å². The van der Waals surface area contributed by atoms with E-state index in [-0.39, 0.29) is 18.0 Å². The first-order valence-corrected chi connectivity index (χ1v) is 8.06. The van der Waals surface area contributed by atoms with Gasteiger partial charge in [-0.3, -0.25) is 14.1 Å². The summed E-state index contributed by atoms with van der Waals surface area (Å²) in [7, 11) is 0. The molecular formula is C14H21ClN4OS. The number of aromatic nitrogens is 2. The van der Waals surface area contributed by atoms with E-state index in [9.17, 15) is 4.79 Å². The van der Waals surface area contributed by atoms with Gasteiger partial charge in [0, 0.05) is 36.8 Å². The molecular weight excluding hydrogens is 308 g/mol. The number of nitrogens with one attached hydrogen (secondary N) is 1. The second-order valence-electron chi connectivity index (χ2n) is 5.26. The van der Waals surface area contributed by atoms with Crippen molar-refractivity contribution in [3.63, 3.8) is 0 Å². The van der Waals surface area contributed by atoms with Gasteiger partial charge in [0.05, 0.1) is 5.69 Å². The minimum atomic E-state index is 0. The maximum absolute atomic E-state index is 12.0. The molecule has 3 heterocycles. The van der Waals surface area contributed by atoms with Gasteiger partial charge in [-0.2, -0.15) is 0 Å². The summed E-state index contributed by atoms with van der Waals surface area (Å²) in [6, 6.07) is 2.24. The molecule has 0 radical (unpaired) electrons. The summed E-state index contributed by atoms with van der Waals surface area (Å²) in [6.07, 6.45) is 4.08. The highest BCUT2D eigenvalue weighted by molar-refractivity contribution is 7.15. The molecule has 0 spiro atoms. The largest absolute Gasteiger partial charge is 0.315 e. The zero-order valence-corrected chi connectivity index (χ0v) is 13.8. The molecule has 0 aromatic carbocycles. The monoisotopic (exact) mass is 328 g/mol. The van der Waals surface area contributed by atoms with Crippen LogP contribution in [0.25, 0.3) is 4.96 Å². The maximum atomic E-state index is 12.0. The van der Waals surface area contributed by atoms with E-state index in [0.717, 1.165) is 43.3 Å². The van der Waals surface area contributed by atoms with Crippen LogP contribution in [-0.2, 0) is 6.54 Å². The quantitative estimate of drug-likeness (QED) is 0.908. The van der Waals surface area contributed by atoms with Crippen LogP contribution >= 0.6 is 23.7 Å². The van der Waals surface area contributed by atoms with Gasteiger partial charge in [0.15, 0.2) is 4.96 Å². The van der Waals surface area contributed by atoms with Crippen molar-refractivity contribution in [1.82, 2.24) is 19.6 Å². The maximum Gasteiger partial charge on any atom is 0.258 e. The normalized spacial score (nSPS) is 18.3. The molecule has 0 bridgehead atoms. The summed E-state index contributed by atoms with van der Waals surface area (Å²) in [6.45, 7) is 6.15. The van der Waals surface area contributed by atoms with E-state index in [1.807, 2.05) is 5.38 Å². The van der Waals surface area contributed by atoms with Gasteiger partial charge < -0.3 is 5.32 Å². The zero-order chi connectivity index (χ0) is 13.9. The Labute approximate surface area is 134 Å². The van der Waals surface area contributed by atoms with Crippen molar-refractivity contribution in [2.45, 2.75) is 32.4 Å². The van der Waals surface area contributed by atoms with Crippen molar-refractivity contribution in [3.05, 3.63) is 33.7 Å². The average Bonchev–Trinajstić information content (AvgIpc) is 3.09. The Morgan fingerprint density at radius 2 is 2.43 bits per heavy atom. The molecule has 1 saturated heterocycles. The third kappa shape index (κ3) is 3.63. The highest BCUT2D eigenvalue weighted by Gasteiger charge is 2.22. The SMILES string of the molecule is CCCN(Cc1cc(=O)n2ccsc2n1)C1CCNC1.Cl. The second-order valence-corrected chi connectivity index (χ2v) is 6.13. The molecule has 3 rings (SSSR count). The minimum Gasteiger partial charge on any atom is -0.315 e. The summed E-state index contributed by atoms with van der Waals surface area (Å²) in [5.74, 6) is 0. The van der Waals surface area contributed by atoms with E-state index in [0.29, 0.717) is 6.04 Å². The van der Waals surface area contributed by atoms with Crippen LogP contribution in [0.2, 0.25) is 0 Å². The van der Waals surface area contributed by atoms with E-state index in [2.05, 4.69) is 22.1 Å². The predicted molar refractivity (Wildman–Crippen MR) is 88.6 cm³/mol. The van der Waals surface area contributed by atoms with Crippen molar-refractivity contribution in [1.29, 1.82) is 0 Å². The fraction of sp³-hybridized carbons (Fsp3) is 0.571. The molecule has 1 atom stereocenters. The van der Waals surface area contributed by atoms with Crippen molar-refractivity contribution < 1.29 is 0 Å². The fourth-order valence-corrected chi connectivity index (χ4v) is 3.54. The van der Waals surface area contributed by atoms with Crippen LogP contribution < -0.4 is 10.9 Å². The highest BCUT2D eigenvalue weighted by atomic mass is 35.5. The lowest BCUT2D eigenvalue weighted by atomic mass is 10.2. The molecule has 1 fully saturated rings. The summed E-state index contributed by atoms with van der Waals surface area (Å²) >= 11 is 1.51. The number of nitrogens with zero attached hydrogens (tertiary/aromatic N) is 3. The van der Waals surface area contributed by atoms with Crippen LogP contribution in [0.3, 0.4) is 0 Å². The lowest BCUT2D eigenvalue weighted by Gasteiger charge is -2.27. The Morgan fingerprint density at radius 1 is 1.57 bits per heavy atom. The smallest absolute Gasteiger partial charge is 0.258 e. The molecule has 2 aromatic rings. The third-order valence-corrected chi connectivity index (χ3v) is 4.54. The van der Waals surface area contributed by atoms with E-state index in [4.69, 9.17) is 0 Å². The van der Waals surface area contributed by atoms with Gasteiger partial charge in [-0.25, -0.2) is 4.98 Å². The Balaban J connectivity index is 0.00000161. The van der Waals surface area contributed by atoms with Gasteiger partial charge in [-0.1, -0.05) is 6.92 Å². The van der Waals surface area contributed by atoms with Crippen LogP contribution in [0.4, 0.5) is 0 Å². The molecule has 21 heavy (non-hydrogen) atoms. The van der Waals surface area contributed by atoms with Crippen molar-refractivity contribution in [2.75, 3.05) is 19.6 Å². The van der Waals surface area contributed by atoms with Crippen molar-refractivity contribution in [2.24, 2.45) is 0 Å². The Hall–Kier alpha value is -0.950. The van der Waals surface area contributed by atoms with Gasteiger partial charge in [0.2, 0.25) is 0 Å². The van der Waals surface area contributed by atoms with Crippen LogP contribution in [0, 0.1) is 0 Å². The molecule has 1 N–H and O–H groups in total. The standard InChI is InChI=1S/C14H20N4OS.ClH/c1-2-5-17(12-3-4-15-9-12)10-11-8-13(19)18-6-7-20-14(18)16-11;/h6-8,12,15H,2-5,9-10H2,1H3;1H. The number of fused-ring (bicyclic) bond motifs is 1. The Kier molecular flexibility index (Phi) is 5.75. The van der Waals surface area contributed by atoms with Crippen LogP contribution in [0.5, 0.6) is 0 Å². The molecule has 1 aliphatic heterocycles. The lowest BCUT2D eigenvalue weighted by Crippen LogP contribution is -2.37. The molecule has 0 saturated carbocycles.